The maximum Gasteiger partial charge on any atom is 0.267 e. The molecule has 2 rings (SSSR count). The van der Waals surface area contributed by atoms with Crippen LogP contribution in [0.2, 0.25) is 0 Å². The number of thiophene rings is 1. The third-order valence-electron chi connectivity index (χ3n) is 3.18. The van der Waals surface area contributed by atoms with Gasteiger partial charge in [0.1, 0.15) is 10.6 Å². The van der Waals surface area contributed by atoms with Crippen molar-refractivity contribution in [2.75, 3.05) is 27.2 Å². The van der Waals surface area contributed by atoms with Crippen LogP contribution in [-0.4, -0.2) is 44.1 Å². The number of amides is 1. The first-order chi connectivity index (χ1) is 8.24. The molecule has 0 bridgehead atoms. The van der Waals surface area contributed by atoms with Gasteiger partial charge in [0.25, 0.3) is 5.91 Å². The Bertz CT molecular complexity index is 386. The lowest BCUT2D eigenvalue weighted by atomic mass is 10.1. The molecule has 4 nitrogen and oxygen atoms in total. The van der Waals surface area contributed by atoms with Gasteiger partial charge in [0.15, 0.2) is 0 Å². The summed E-state index contributed by atoms with van der Waals surface area (Å²) in [4.78, 5) is 14.8. The van der Waals surface area contributed by atoms with E-state index in [1.54, 1.807) is 7.11 Å². The molecule has 1 unspecified atom stereocenters. The lowest BCUT2D eigenvalue weighted by Gasteiger charge is -2.31. The third-order valence-corrected chi connectivity index (χ3v) is 4.07. The minimum atomic E-state index is 0.0607. The van der Waals surface area contributed by atoms with Crippen LogP contribution in [0.5, 0.6) is 5.75 Å². The molecular weight excluding hydrogens is 236 g/mol. The Morgan fingerprint density at radius 1 is 1.65 bits per heavy atom. The minimum Gasteiger partial charge on any atom is -0.495 e. The third kappa shape index (κ3) is 2.61. The van der Waals surface area contributed by atoms with E-state index in [0.717, 1.165) is 25.9 Å². The number of carbonyl (C=O) groups is 1. The molecule has 0 aromatic carbocycles. The Balaban J connectivity index is 2.08. The normalized spacial score (nSPS) is 20.0. The second kappa shape index (κ2) is 5.51. The summed E-state index contributed by atoms with van der Waals surface area (Å²) >= 11 is 1.44. The smallest absolute Gasteiger partial charge is 0.267 e. The zero-order chi connectivity index (χ0) is 12.3. The van der Waals surface area contributed by atoms with Crippen LogP contribution in [0.4, 0.5) is 0 Å². The van der Waals surface area contributed by atoms with Gasteiger partial charge in [-0.15, -0.1) is 11.3 Å². The Labute approximate surface area is 106 Å². The minimum absolute atomic E-state index is 0.0607. The molecule has 1 amide bonds. The van der Waals surface area contributed by atoms with Gasteiger partial charge in [0, 0.05) is 19.6 Å². The monoisotopic (exact) mass is 254 g/mol. The molecule has 1 aromatic rings. The van der Waals surface area contributed by atoms with E-state index in [4.69, 9.17) is 4.74 Å². The highest BCUT2D eigenvalue weighted by Crippen LogP contribution is 2.26. The van der Waals surface area contributed by atoms with E-state index < -0.39 is 0 Å². The highest BCUT2D eigenvalue weighted by Gasteiger charge is 2.25. The van der Waals surface area contributed by atoms with Gasteiger partial charge in [0.2, 0.25) is 0 Å². The average molecular weight is 254 g/mol. The Morgan fingerprint density at radius 3 is 3.12 bits per heavy atom. The molecule has 17 heavy (non-hydrogen) atoms. The lowest BCUT2D eigenvalue weighted by molar-refractivity contribution is 0.0710. The number of hydrogen-bond donors (Lipinski definition) is 1. The SMILES string of the molecule is COc1ccsc1C(=O)N(C)C1CCCNC1. The van der Waals surface area contributed by atoms with Crippen LogP contribution in [0, 0.1) is 0 Å². The number of rotatable bonds is 3. The molecule has 0 spiro atoms. The van der Waals surface area contributed by atoms with Crippen molar-refractivity contribution in [3.63, 3.8) is 0 Å². The van der Waals surface area contributed by atoms with Crippen molar-refractivity contribution in [1.82, 2.24) is 10.2 Å². The van der Waals surface area contributed by atoms with Crippen LogP contribution >= 0.6 is 11.3 Å². The van der Waals surface area contributed by atoms with Crippen molar-refractivity contribution in [3.8, 4) is 5.75 Å². The van der Waals surface area contributed by atoms with Crippen LogP contribution in [0.25, 0.3) is 0 Å². The van der Waals surface area contributed by atoms with E-state index in [-0.39, 0.29) is 5.91 Å². The van der Waals surface area contributed by atoms with Gasteiger partial charge in [-0.05, 0) is 30.8 Å². The molecule has 1 aromatic heterocycles. The quantitative estimate of drug-likeness (QED) is 0.890. The van der Waals surface area contributed by atoms with Gasteiger partial charge in [-0.2, -0.15) is 0 Å². The molecule has 1 aliphatic heterocycles. The first kappa shape index (κ1) is 12.4. The second-order valence-electron chi connectivity index (χ2n) is 4.23. The molecule has 1 saturated heterocycles. The molecule has 1 atom stereocenters. The van der Waals surface area contributed by atoms with Crippen molar-refractivity contribution < 1.29 is 9.53 Å². The Morgan fingerprint density at radius 2 is 2.47 bits per heavy atom. The Hall–Kier alpha value is -1.07. The fourth-order valence-corrected chi connectivity index (χ4v) is 2.94. The standard InChI is InChI=1S/C12H18N2O2S/c1-14(9-4-3-6-13-8-9)12(15)11-10(16-2)5-7-17-11/h5,7,9,13H,3-4,6,8H2,1-2H3. The van der Waals surface area contributed by atoms with Crippen molar-refractivity contribution in [1.29, 1.82) is 0 Å². The molecule has 1 fully saturated rings. The van der Waals surface area contributed by atoms with Crippen molar-refractivity contribution in [3.05, 3.63) is 16.3 Å². The van der Waals surface area contributed by atoms with Crippen LogP contribution in [0.3, 0.4) is 0 Å². The zero-order valence-corrected chi connectivity index (χ0v) is 11.0. The lowest BCUT2D eigenvalue weighted by Crippen LogP contribution is -2.46. The number of ether oxygens (including phenoxy) is 1. The number of carbonyl (C=O) groups excluding carboxylic acids is 1. The molecule has 94 valence electrons. The van der Waals surface area contributed by atoms with E-state index in [0.29, 0.717) is 16.7 Å². The molecule has 0 aliphatic carbocycles. The summed E-state index contributed by atoms with van der Waals surface area (Å²) in [6, 6.07) is 2.13. The maximum absolute atomic E-state index is 12.3. The van der Waals surface area contributed by atoms with E-state index in [2.05, 4.69) is 5.32 Å². The van der Waals surface area contributed by atoms with E-state index in [1.807, 2.05) is 23.4 Å². The molecule has 2 heterocycles. The van der Waals surface area contributed by atoms with Crippen LogP contribution < -0.4 is 10.1 Å². The molecule has 1 N–H and O–H groups in total. The van der Waals surface area contributed by atoms with Crippen LogP contribution in [0.15, 0.2) is 11.4 Å². The van der Waals surface area contributed by atoms with Gasteiger partial charge in [-0.3, -0.25) is 4.79 Å². The largest absolute Gasteiger partial charge is 0.495 e. The highest BCUT2D eigenvalue weighted by molar-refractivity contribution is 7.12. The summed E-state index contributed by atoms with van der Waals surface area (Å²) in [7, 11) is 3.47. The summed E-state index contributed by atoms with van der Waals surface area (Å²) < 4.78 is 5.19. The van der Waals surface area contributed by atoms with E-state index in [9.17, 15) is 4.79 Å². The predicted octanol–water partition coefficient (Wildman–Crippen LogP) is 1.58. The topological polar surface area (TPSA) is 41.6 Å². The predicted molar refractivity (Wildman–Crippen MR) is 68.9 cm³/mol. The number of methoxy groups -OCH3 is 1. The molecule has 1 aliphatic rings. The number of likely N-dealkylation sites (N-methyl/N-ethyl adjacent to an activating group) is 1. The number of hydrogen-bond acceptors (Lipinski definition) is 4. The fourth-order valence-electron chi connectivity index (χ4n) is 2.10. The maximum atomic E-state index is 12.3. The van der Waals surface area contributed by atoms with Gasteiger partial charge in [-0.25, -0.2) is 0 Å². The van der Waals surface area contributed by atoms with Crippen LogP contribution in [-0.2, 0) is 0 Å². The first-order valence-electron chi connectivity index (χ1n) is 5.83. The van der Waals surface area contributed by atoms with Gasteiger partial charge in [-0.1, -0.05) is 0 Å². The van der Waals surface area contributed by atoms with E-state index in [1.165, 1.54) is 11.3 Å². The van der Waals surface area contributed by atoms with Gasteiger partial charge in [0.05, 0.1) is 7.11 Å². The van der Waals surface area contributed by atoms with Crippen molar-refractivity contribution >= 4 is 17.2 Å². The highest BCUT2D eigenvalue weighted by atomic mass is 32.1. The fraction of sp³-hybridized carbons (Fsp3) is 0.583. The van der Waals surface area contributed by atoms with E-state index >= 15 is 0 Å². The molecule has 5 heteroatoms. The number of nitrogens with zero attached hydrogens (tertiary/aromatic N) is 1. The van der Waals surface area contributed by atoms with Gasteiger partial charge >= 0.3 is 0 Å². The molecular formula is C12H18N2O2S. The summed E-state index contributed by atoms with van der Waals surface area (Å²) in [5, 5.41) is 5.21. The van der Waals surface area contributed by atoms with Crippen LogP contribution in [0.1, 0.15) is 22.5 Å². The zero-order valence-electron chi connectivity index (χ0n) is 10.2. The molecule has 0 saturated carbocycles. The van der Waals surface area contributed by atoms with Crippen molar-refractivity contribution in [2.45, 2.75) is 18.9 Å². The Kier molecular flexibility index (Phi) is 4.02. The summed E-state index contributed by atoms with van der Waals surface area (Å²) in [6.45, 7) is 1.94. The first-order valence-corrected chi connectivity index (χ1v) is 6.71. The average Bonchev–Trinajstić information content (AvgIpc) is 2.86. The second-order valence-corrected chi connectivity index (χ2v) is 5.15. The summed E-state index contributed by atoms with van der Waals surface area (Å²) in [6.07, 6.45) is 2.20. The number of piperidine rings is 1. The number of nitrogens with one attached hydrogen (secondary N) is 1. The molecule has 0 radical (unpaired) electrons. The van der Waals surface area contributed by atoms with Crippen molar-refractivity contribution in [2.24, 2.45) is 0 Å². The summed E-state index contributed by atoms with van der Waals surface area (Å²) in [5.74, 6) is 0.737. The van der Waals surface area contributed by atoms with Gasteiger partial charge < -0.3 is 15.0 Å². The summed E-state index contributed by atoms with van der Waals surface area (Å²) in [5.41, 5.74) is 0.